The molecule has 2 rings (SSSR count). The molecule has 1 heterocycles. The Balaban J connectivity index is 2.03. The van der Waals surface area contributed by atoms with Gasteiger partial charge in [0.05, 0.1) is 11.3 Å². The van der Waals surface area contributed by atoms with Gasteiger partial charge in [-0.15, -0.1) is 0 Å². The van der Waals surface area contributed by atoms with E-state index in [1.54, 1.807) is 4.90 Å². The smallest absolute Gasteiger partial charge is 0.329 e. The Morgan fingerprint density at radius 2 is 1.82 bits per heavy atom. The predicted molar refractivity (Wildman–Crippen MR) is 87.8 cm³/mol. The molecule has 1 aromatic carbocycles. The number of carbonyl (C=O) groups excluding carboxylic acids is 1. The van der Waals surface area contributed by atoms with E-state index in [9.17, 15) is 9.59 Å². The maximum Gasteiger partial charge on any atom is 0.329 e. The molecule has 0 atom stereocenters. The Morgan fingerprint density at radius 3 is 2.55 bits per heavy atom. The number of carboxylic acid groups (broad SMARTS) is 1. The van der Waals surface area contributed by atoms with E-state index in [-0.39, 0.29) is 11.5 Å². The summed E-state index contributed by atoms with van der Waals surface area (Å²) < 4.78 is 0. The topological polar surface area (TPSA) is 57.6 Å². The van der Waals surface area contributed by atoms with Crippen LogP contribution in [0.4, 0.5) is 5.69 Å². The zero-order valence-electron chi connectivity index (χ0n) is 13.0. The van der Waals surface area contributed by atoms with Crippen molar-refractivity contribution in [3.8, 4) is 0 Å². The van der Waals surface area contributed by atoms with Crippen LogP contribution in [0.25, 0.3) is 5.57 Å². The van der Waals surface area contributed by atoms with Gasteiger partial charge < -0.3 is 10.0 Å². The van der Waals surface area contributed by atoms with Gasteiger partial charge in [0.1, 0.15) is 0 Å². The van der Waals surface area contributed by atoms with Gasteiger partial charge in [-0.2, -0.15) is 0 Å². The first-order valence-corrected chi connectivity index (χ1v) is 8.01. The minimum absolute atomic E-state index is 0.197. The van der Waals surface area contributed by atoms with E-state index in [1.165, 1.54) is 25.7 Å². The molecule has 1 aliphatic rings. The van der Waals surface area contributed by atoms with Gasteiger partial charge in [-0.1, -0.05) is 57.2 Å². The van der Waals surface area contributed by atoms with Crippen molar-refractivity contribution >= 4 is 23.1 Å². The third kappa shape index (κ3) is 3.75. The van der Waals surface area contributed by atoms with E-state index >= 15 is 0 Å². The molecule has 4 nitrogen and oxygen atoms in total. The third-order valence-electron chi connectivity index (χ3n) is 3.96. The van der Waals surface area contributed by atoms with Crippen LogP contribution in [0.15, 0.2) is 30.3 Å². The van der Waals surface area contributed by atoms with Gasteiger partial charge in [0.2, 0.25) is 0 Å². The quantitative estimate of drug-likeness (QED) is 0.586. The Hall–Kier alpha value is -2.10. The highest BCUT2D eigenvalue weighted by atomic mass is 16.4. The van der Waals surface area contributed by atoms with Crippen LogP contribution >= 0.6 is 0 Å². The number of nitrogens with zero attached hydrogens (tertiary/aromatic N) is 1. The number of hydrogen-bond acceptors (Lipinski definition) is 2. The van der Waals surface area contributed by atoms with Crippen molar-refractivity contribution in [3.63, 3.8) is 0 Å². The van der Waals surface area contributed by atoms with E-state index in [0.717, 1.165) is 30.2 Å². The molecule has 0 saturated heterocycles. The zero-order chi connectivity index (χ0) is 15.9. The third-order valence-corrected chi connectivity index (χ3v) is 3.96. The second kappa shape index (κ2) is 7.78. The number of anilines is 1. The number of benzene rings is 1. The fourth-order valence-electron chi connectivity index (χ4n) is 2.84. The number of amides is 1. The van der Waals surface area contributed by atoms with Crippen LogP contribution in [0.1, 0.15) is 51.0 Å². The summed E-state index contributed by atoms with van der Waals surface area (Å²) in [6, 6.07) is 7.40. The maximum absolute atomic E-state index is 12.5. The van der Waals surface area contributed by atoms with Crippen LogP contribution in [-0.2, 0) is 9.59 Å². The number of rotatable bonds is 8. The number of para-hydroxylation sites is 1. The normalized spacial score (nSPS) is 15.4. The van der Waals surface area contributed by atoms with Crippen LogP contribution in [0.3, 0.4) is 0 Å². The molecular weight excluding hydrogens is 278 g/mol. The highest BCUT2D eigenvalue weighted by Gasteiger charge is 2.31. The van der Waals surface area contributed by atoms with Gasteiger partial charge in [-0.05, 0) is 12.5 Å². The lowest BCUT2D eigenvalue weighted by Crippen LogP contribution is -2.27. The first-order valence-electron chi connectivity index (χ1n) is 8.01. The zero-order valence-corrected chi connectivity index (χ0v) is 13.0. The Kier molecular flexibility index (Phi) is 5.75. The number of fused-ring (bicyclic) bond motifs is 1. The molecule has 4 heteroatoms. The summed E-state index contributed by atoms with van der Waals surface area (Å²) in [5, 5.41) is 8.95. The molecule has 1 aromatic rings. The van der Waals surface area contributed by atoms with Crippen LogP contribution in [0.5, 0.6) is 0 Å². The van der Waals surface area contributed by atoms with Gasteiger partial charge in [-0.3, -0.25) is 4.79 Å². The number of aliphatic carboxylic acids is 1. The summed E-state index contributed by atoms with van der Waals surface area (Å²) in [6.07, 6.45) is 7.98. The highest BCUT2D eigenvalue weighted by molar-refractivity contribution is 6.34. The Morgan fingerprint density at radius 1 is 1.14 bits per heavy atom. The van der Waals surface area contributed by atoms with Crippen molar-refractivity contribution in [1.29, 1.82) is 0 Å². The predicted octanol–water partition coefficient (Wildman–Crippen LogP) is 3.86. The molecule has 118 valence electrons. The van der Waals surface area contributed by atoms with E-state index in [4.69, 9.17) is 5.11 Å². The van der Waals surface area contributed by atoms with E-state index in [0.29, 0.717) is 6.54 Å². The second-order valence-corrected chi connectivity index (χ2v) is 5.64. The summed E-state index contributed by atoms with van der Waals surface area (Å²) in [7, 11) is 0. The van der Waals surface area contributed by atoms with Gasteiger partial charge >= 0.3 is 5.97 Å². The molecule has 0 spiro atoms. The van der Waals surface area contributed by atoms with Gasteiger partial charge in [0.25, 0.3) is 5.91 Å². The van der Waals surface area contributed by atoms with E-state index in [2.05, 4.69) is 6.92 Å². The van der Waals surface area contributed by atoms with Crippen molar-refractivity contribution in [2.45, 2.75) is 45.4 Å². The fourth-order valence-corrected chi connectivity index (χ4v) is 2.84. The summed E-state index contributed by atoms with van der Waals surface area (Å²) in [5.41, 5.74) is 1.84. The molecule has 22 heavy (non-hydrogen) atoms. The lowest BCUT2D eigenvalue weighted by molar-refractivity contribution is -0.131. The van der Waals surface area contributed by atoms with Crippen LogP contribution in [-0.4, -0.2) is 23.5 Å². The van der Waals surface area contributed by atoms with E-state index in [1.807, 2.05) is 24.3 Å². The monoisotopic (exact) mass is 301 g/mol. The number of carbonyl (C=O) groups is 2. The van der Waals surface area contributed by atoms with Gasteiger partial charge in [-0.25, -0.2) is 4.79 Å². The van der Waals surface area contributed by atoms with Gasteiger partial charge in [0, 0.05) is 18.2 Å². The average molecular weight is 301 g/mol. The van der Waals surface area contributed by atoms with Crippen LogP contribution in [0.2, 0.25) is 0 Å². The Labute approximate surface area is 131 Å². The van der Waals surface area contributed by atoms with Crippen molar-refractivity contribution in [2.24, 2.45) is 0 Å². The first-order chi connectivity index (χ1) is 10.6. The van der Waals surface area contributed by atoms with E-state index < -0.39 is 5.97 Å². The molecule has 1 N–H and O–H groups in total. The fraction of sp³-hybridized carbons (Fsp3) is 0.444. The highest BCUT2D eigenvalue weighted by Crippen LogP contribution is 2.36. The molecule has 0 aromatic heterocycles. The first kappa shape index (κ1) is 16.3. The summed E-state index contributed by atoms with van der Waals surface area (Å²) in [5.74, 6) is -1.28. The molecule has 0 radical (unpaired) electrons. The molecule has 0 aliphatic carbocycles. The molecule has 0 fully saturated rings. The Bertz CT molecular complexity index is 577. The SMILES string of the molecule is CCCCCCCCN1C(=O)/C(=C/C(=O)O)c2ccccc21. The summed E-state index contributed by atoms with van der Waals surface area (Å²) >= 11 is 0. The minimum atomic E-state index is -1.08. The molecule has 0 bridgehead atoms. The lowest BCUT2D eigenvalue weighted by atomic mass is 10.1. The van der Waals surface area contributed by atoms with Crippen molar-refractivity contribution in [1.82, 2.24) is 0 Å². The maximum atomic E-state index is 12.5. The lowest BCUT2D eigenvalue weighted by Gasteiger charge is -2.16. The molecule has 1 aliphatic heterocycles. The second-order valence-electron chi connectivity index (χ2n) is 5.64. The van der Waals surface area contributed by atoms with Crippen LogP contribution < -0.4 is 4.90 Å². The molecule has 0 saturated carbocycles. The van der Waals surface area contributed by atoms with Crippen molar-refractivity contribution in [3.05, 3.63) is 35.9 Å². The summed E-state index contributed by atoms with van der Waals surface area (Å²) in [6.45, 7) is 2.84. The minimum Gasteiger partial charge on any atom is -0.478 e. The van der Waals surface area contributed by atoms with Crippen LogP contribution in [0, 0.1) is 0 Å². The number of hydrogen-bond donors (Lipinski definition) is 1. The van der Waals surface area contributed by atoms with Gasteiger partial charge in [0.15, 0.2) is 0 Å². The largest absolute Gasteiger partial charge is 0.478 e. The number of unbranched alkanes of at least 4 members (excludes halogenated alkanes) is 5. The summed E-state index contributed by atoms with van der Waals surface area (Å²) in [4.78, 5) is 25.1. The van der Waals surface area contributed by atoms with Crippen molar-refractivity contribution in [2.75, 3.05) is 11.4 Å². The molecular formula is C18H23NO3. The molecule has 0 unspecified atom stereocenters. The average Bonchev–Trinajstić information content (AvgIpc) is 2.76. The number of carboxylic acids is 1. The molecule has 1 amide bonds. The van der Waals surface area contributed by atoms with Crippen molar-refractivity contribution < 1.29 is 14.7 Å². The standard InChI is InChI=1S/C18H23NO3/c1-2-3-4-5-6-9-12-19-16-11-8-7-10-14(16)15(18(19)22)13-17(20)21/h7-8,10-11,13H,2-6,9,12H2,1H3,(H,20,21)/b15-13+.